The molecule has 0 radical (unpaired) electrons. The van der Waals surface area contributed by atoms with Crippen molar-refractivity contribution in [3.05, 3.63) is 57.7 Å². The van der Waals surface area contributed by atoms with E-state index in [1.807, 2.05) is 48.5 Å². The quantitative estimate of drug-likeness (QED) is 0.573. The van der Waals surface area contributed by atoms with Gasteiger partial charge in [-0.2, -0.15) is 0 Å². The van der Waals surface area contributed by atoms with Crippen LogP contribution in [0.25, 0.3) is 0 Å². The van der Waals surface area contributed by atoms with E-state index < -0.39 is 0 Å². The molecule has 0 unspecified atom stereocenters. The second-order valence-electron chi connectivity index (χ2n) is 3.34. The molecule has 0 aliphatic rings. The van der Waals surface area contributed by atoms with Gasteiger partial charge in [0.25, 0.3) is 0 Å². The number of rotatable bonds is 3. The second-order valence-corrected chi connectivity index (χ2v) is 4.85. The number of hydrogen-bond acceptors (Lipinski definition) is 1. The van der Waals surface area contributed by atoms with Crippen molar-refractivity contribution in [2.75, 3.05) is 0 Å². The van der Waals surface area contributed by atoms with Crippen LogP contribution in [0.2, 0.25) is 0 Å². The first-order valence-electron chi connectivity index (χ1n) is 4.86. The maximum absolute atomic E-state index is 5.72. The zero-order valence-electron chi connectivity index (χ0n) is 8.49. The first-order chi connectivity index (χ1) is 7.78. The molecular weight excluding hydrogens is 334 g/mol. The summed E-state index contributed by atoms with van der Waals surface area (Å²) >= 11 is 7.98. The van der Waals surface area contributed by atoms with Gasteiger partial charge in [0.2, 0.25) is 0 Å². The Morgan fingerprint density at radius 1 is 1.00 bits per heavy atom. The van der Waals surface area contributed by atoms with E-state index in [2.05, 4.69) is 22.6 Å². The highest BCUT2D eigenvalue weighted by Crippen LogP contribution is 2.23. The van der Waals surface area contributed by atoms with E-state index in [9.17, 15) is 0 Å². The lowest BCUT2D eigenvalue weighted by Crippen LogP contribution is -1.85. The highest BCUT2D eigenvalue weighted by Gasteiger charge is 1.98. The molecule has 0 aliphatic heterocycles. The average Bonchev–Trinajstić information content (AvgIpc) is 2.30. The summed E-state index contributed by atoms with van der Waals surface area (Å²) in [7, 11) is 0. The van der Waals surface area contributed by atoms with E-state index in [0.29, 0.717) is 5.88 Å². The molecule has 3 heteroatoms. The zero-order valence-corrected chi connectivity index (χ0v) is 11.4. The van der Waals surface area contributed by atoms with Gasteiger partial charge in [-0.05, 0) is 58.5 Å². The number of ether oxygens (including phenoxy) is 1. The SMILES string of the molecule is ClCc1ccc(Oc2cccc(I)c2)cc1. The van der Waals surface area contributed by atoms with Gasteiger partial charge in [0.05, 0.1) is 0 Å². The Labute approximate surface area is 114 Å². The van der Waals surface area contributed by atoms with Crippen LogP contribution in [0.5, 0.6) is 11.5 Å². The second kappa shape index (κ2) is 5.55. The molecule has 16 heavy (non-hydrogen) atoms. The Morgan fingerprint density at radius 2 is 1.75 bits per heavy atom. The van der Waals surface area contributed by atoms with Crippen molar-refractivity contribution < 1.29 is 4.74 Å². The van der Waals surface area contributed by atoms with Crippen LogP contribution in [-0.4, -0.2) is 0 Å². The fraction of sp³-hybridized carbons (Fsp3) is 0.0769. The van der Waals surface area contributed by atoms with Gasteiger partial charge >= 0.3 is 0 Å². The Morgan fingerprint density at radius 3 is 2.38 bits per heavy atom. The van der Waals surface area contributed by atoms with Crippen LogP contribution < -0.4 is 4.74 Å². The van der Waals surface area contributed by atoms with Crippen molar-refractivity contribution in [2.45, 2.75) is 5.88 Å². The molecule has 1 nitrogen and oxygen atoms in total. The molecule has 0 N–H and O–H groups in total. The summed E-state index contributed by atoms with van der Waals surface area (Å²) in [6, 6.07) is 15.7. The number of hydrogen-bond donors (Lipinski definition) is 0. The average molecular weight is 345 g/mol. The zero-order chi connectivity index (χ0) is 11.4. The first kappa shape index (κ1) is 11.7. The summed E-state index contributed by atoms with van der Waals surface area (Å²) in [6.07, 6.45) is 0. The molecule has 0 aromatic heterocycles. The third-order valence-electron chi connectivity index (χ3n) is 2.11. The Kier molecular flexibility index (Phi) is 4.07. The monoisotopic (exact) mass is 344 g/mol. The van der Waals surface area contributed by atoms with Gasteiger partial charge in [-0.25, -0.2) is 0 Å². The standard InChI is InChI=1S/C13H10ClIO/c14-9-10-4-6-12(7-5-10)16-13-3-1-2-11(15)8-13/h1-8H,9H2. The molecule has 2 aromatic carbocycles. The number of halogens is 2. The fourth-order valence-electron chi connectivity index (χ4n) is 1.31. The molecule has 0 saturated carbocycles. The highest BCUT2D eigenvalue weighted by molar-refractivity contribution is 14.1. The summed E-state index contributed by atoms with van der Waals surface area (Å²) in [5.41, 5.74) is 1.09. The van der Waals surface area contributed by atoms with E-state index in [4.69, 9.17) is 16.3 Å². The molecule has 0 amide bonds. The molecule has 0 fully saturated rings. The van der Waals surface area contributed by atoms with E-state index in [1.165, 1.54) is 0 Å². The van der Waals surface area contributed by atoms with Crippen molar-refractivity contribution in [1.29, 1.82) is 0 Å². The van der Waals surface area contributed by atoms with Crippen LogP contribution in [-0.2, 0) is 5.88 Å². The lowest BCUT2D eigenvalue weighted by molar-refractivity contribution is 0.482. The number of benzene rings is 2. The van der Waals surface area contributed by atoms with E-state index in [0.717, 1.165) is 20.6 Å². The third kappa shape index (κ3) is 3.12. The van der Waals surface area contributed by atoms with Gasteiger partial charge in [0.15, 0.2) is 0 Å². The Balaban J connectivity index is 2.14. The summed E-state index contributed by atoms with van der Waals surface area (Å²) in [5.74, 6) is 2.21. The minimum atomic E-state index is 0.531. The van der Waals surface area contributed by atoms with Gasteiger partial charge in [0.1, 0.15) is 11.5 Å². The molecule has 0 atom stereocenters. The molecular formula is C13H10ClIO. The third-order valence-corrected chi connectivity index (χ3v) is 3.09. The molecule has 0 aliphatic carbocycles. The van der Waals surface area contributed by atoms with Gasteiger partial charge in [-0.1, -0.05) is 18.2 Å². The van der Waals surface area contributed by atoms with Crippen molar-refractivity contribution in [2.24, 2.45) is 0 Å². The summed E-state index contributed by atoms with van der Waals surface area (Å²) in [6.45, 7) is 0. The minimum absolute atomic E-state index is 0.531. The van der Waals surface area contributed by atoms with Crippen LogP contribution >= 0.6 is 34.2 Å². The predicted octanol–water partition coefficient (Wildman–Crippen LogP) is 4.82. The molecule has 2 aromatic rings. The normalized spacial score (nSPS) is 10.1. The van der Waals surface area contributed by atoms with Crippen LogP contribution in [0.15, 0.2) is 48.5 Å². The summed E-state index contributed by atoms with van der Waals surface area (Å²) < 4.78 is 6.87. The van der Waals surface area contributed by atoms with Crippen molar-refractivity contribution in [3.63, 3.8) is 0 Å². The number of alkyl halides is 1. The molecule has 82 valence electrons. The van der Waals surface area contributed by atoms with Gasteiger partial charge in [0, 0.05) is 9.45 Å². The van der Waals surface area contributed by atoms with E-state index >= 15 is 0 Å². The highest BCUT2D eigenvalue weighted by atomic mass is 127. The maximum atomic E-state index is 5.72. The Hall–Kier alpha value is -0.740. The molecule has 2 rings (SSSR count). The van der Waals surface area contributed by atoms with E-state index in [1.54, 1.807) is 0 Å². The van der Waals surface area contributed by atoms with Crippen molar-refractivity contribution in [1.82, 2.24) is 0 Å². The van der Waals surface area contributed by atoms with Gasteiger partial charge in [-0.3, -0.25) is 0 Å². The predicted molar refractivity (Wildman–Crippen MR) is 75.2 cm³/mol. The Bertz CT molecular complexity index is 468. The van der Waals surface area contributed by atoms with Crippen LogP contribution in [0.4, 0.5) is 0 Å². The smallest absolute Gasteiger partial charge is 0.128 e. The summed E-state index contributed by atoms with van der Waals surface area (Å²) in [5, 5.41) is 0. The lowest BCUT2D eigenvalue weighted by atomic mass is 10.2. The largest absolute Gasteiger partial charge is 0.457 e. The van der Waals surface area contributed by atoms with Crippen LogP contribution in [0, 0.1) is 3.57 Å². The molecule has 0 saturated heterocycles. The van der Waals surface area contributed by atoms with Gasteiger partial charge < -0.3 is 4.74 Å². The van der Waals surface area contributed by atoms with Crippen LogP contribution in [0.1, 0.15) is 5.56 Å². The fourth-order valence-corrected chi connectivity index (χ4v) is 2.01. The lowest BCUT2D eigenvalue weighted by Gasteiger charge is -2.06. The van der Waals surface area contributed by atoms with Gasteiger partial charge in [-0.15, -0.1) is 11.6 Å². The molecule has 0 heterocycles. The molecule has 0 spiro atoms. The van der Waals surface area contributed by atoms with E-state index in [-0.39, 0.29) is 0 Å². The molecule has 0 bridgehead atoms. The van der Waals surface area contributed by atoms with Crippen molar-refractivity contribution >= 4 is 34.2 Å². The maximum Gasteiger partial charge on any atom is 0.128 e. The minimum Gasteiger partial charge on any atom is -0.457 e. The van der Waals surface area contributed by atoms with Crippen LogP contribution in [0.3, 0.4) is 0 Å². The van der Waals surface area contributed by atoms with Crippen molar-refractivity contribution in [3.8, 4) is 11.5 Å². The first-order valence-corrected chi connectivity index (χ1v) is 6.47. The summed E-state index contributed by atoms with van der Waals surface area (Å²) in [4.78, 5) is 0. The topological polar surface area (TPSA) is 9.23 Å².